The third-order valence-corrected chi connectivity index (χ3v) is 2.91. The van der Waals surface area contributed by atoms with E-state index in [1.54, 1.807) is 0 Å². The number of hydrogen-bond donors (Lipinski definition) is 3. The van der Waals surface area contributed by atoms with Gasteiger partial charge in [0.15, 0.2) is 0 Å². The van der Waals surface area contributed by atoms with Crippen molar-refractivity contribution in [3.8, 4) is 0 Å². The van der Waals surface area contributed by atoms with Gasteiger partial charge in [-0.05, 0) is 12.3 Å². The van der Waals surface area contributed by atoms with Gasteiger partial charge in [0, 0.05) is 6.54 Å². The summed E-state index contributed by atoms with van der Waals surface area (Å²) < 4.78 is 0. The molecule has 0 saturated carbocycles. The van der Waals surface area contributed by atoms with E-state index >= 15 is 0 Å². The maximum atomic E-state index is 12.3. The van der Waals surface area contributed by atoms with Gasteiger partial charge in [-0.25, -0.2) is 4.79 Å². The lowest BCUT2D eigenvalue weighted by Gasteiger charge is -2.29. The Bertz CT molecular complexity index is 333. The molecule has 0 aliphatic rings. The van der Waals surface area contributed by atoms with E-state index in [2.05, 4.69) is 5.32 Å². The van der Waals surface area contributed by atoms with Crippen molar-refractivity contribution in [3.63, 3.8) is 0 Å². The SMILES string of the molecule is CCCN(CC(=O)O)C(=O)C(NC(N)=O)C(C)CC. The molecule has 0 heterocycles. The molecule has 2 unspecified atom stereocenters. The van der Waals surface area contributed by atoms with Gasteiger partial charge in [0.2, 0.25) is 5.91 Å². The van der Waals surface area contributed by atoms with Gasteiger partial charge in [0.1, 0.15) is 12.6 Å². The van der Waals surface area contributed by atoms with Crippen LogP contribution in [0.2, 0.25) is 0 Å². The Kier molecular flexibility index (Phi) is 7.55. The monoisotopic (exact) mass is 273 g/mol. The third-order valence-electron chi connectivity index (χ3n) is 2.91. The van der Waals surface area contributed by atoms with E-state index in [1.807, 2.05) is 20.8 Å². The number of nitrogens with two attached hydrogens (primary N) is 1. The van der Waals surface area contributed by atoms with Crippen LogP contribution in [0.3, 0.4) is 0 Å². The van der Waals surface area contributed by atoms with Crippen molar-refractivity contribution in [3.05, 3.63) is 0 Å². The molecule has 0 aromatic carbocycles. The van der Waals surface area contributed by atoms with Crippen LogP contribution in [0, 0.1) is 5.92 Å². The summed E-state index contributed by atoms with van der Waals surface area (Å²) in [6.07, 6.45) is 1.31. The fraction of sp³-hybridized carbons (Fsp3) is 0.750. The number of aliphatic carboxylic acids is 1. The average Bonchev–Trinajstić information content (AvgIpc) is 2.33. The zero-order valence-electron chi connectivity index (χ0n) is 11.7. The molecule has 110 valence electrons. The van der Waals surface area contributed by atoms with E-state index < -0.39 is 23.9 Å². The fourth-order valence-corrected chi connectivity index (χ4v) is 1.73. The van der Waals surface area contributed by atoms with Crippen molar-refractivity contribution < 1.29 is 19.5 Å². The molecule has 19 heavy (non-hydrogen) atoms. The quantitative estimate of drug-likeness (QED) is 0.593. The lowest BCUT2D eigenvalue weighted by molar-refractivity contribution is -0.145. The minimum atomic E-state index is -1.08. The number of nitrogens with zero attached hydrogens (tertiary/aromatic N) is 1. The molecular weight excluding hydrogens is 250 g/mol. The minimum absolute atomic E-state index is 0.117. The van der Waals surface area contributed by atoms with Crippen molar-refractivity contribution in [2.45, 2.75) is 39.7 Å². The van der Waals surface area contributed by atoms with Gasteiger partial charge in [0.25, 0.3) is 0 Å². The van der Waals surface area contributed by atoms with Crippen LogP contribution in [-0.4, -0.2) is 47.0 Å². The first-order valence-electron chi connectivity index (χ1n) is 6.39. The standard InChI is InChI=1S/C12H23N3O4/c1-4-6-15(7-9(16)17)11(18)10(8(3)5-2)14-12(13)19/h8,10H,4-7H2,1-3H3,(H,16,17)(H3,13,14,19). The topological polar surface area (TPSA) is 113 Å². The molecule has 0 aliphatic carbocycles. The van der Waals surface area contributed by atoms with Gasteiger partial charge in [-0.3, -0.25) is 9.59 Å². The molecule has 0 saturated heterocycles. The van der Waals surface area contributed by atoms with Crippen LogP contribution in [0.4, 0.5) is 4.79 Å². The maximum absolute atomic E-state index is 12.3. The molecule has 0 aromatic rings. The van der Waals surface area contributed by atoms with Crippen LogP contribution in [-0.2, 0) is 9.59 Å². The van der Waals surface area contributed by atoms with Crippen LogP contribution in [0.5, 0.6) is 0 Å². The van der Waals surface area contributed by atoms with E-state index in [9.17, 15) is 14.4 Å². The van der Waals surface area contributed by atoms with E-state index in [1.165, 1.54) is 4.90 Å². The Morgan fingerprint density at radius 3 is 2.26 bits per heavy atom. The lowest BCUT2D eigenvalue weighted by Crippen LogP contribution is -2.54. The number of carbonyl (C=O) groups excluding carboxylic acids is 2. The van der Waals surface area contributed by atoms with Crippen molar-refractivity contribution in [2.75, 3.05) is 13.1 Å². The first-order chi connectivity index (χ1) is 8.83. The largest absolute Gasteiger partial charge is 0.480 e. The number of carboxylic acids is 1. The summed E-state index contributed by atoms with van der Waals surface area (Å²) >= 11 is 0. The summed E-state index contributed by atoms with van der Waals surface area (Å²) in [5.41, 5.74) is 5.06. The molecule has 7 nitrogen and oxygen atoms in total. The van der Waals surface area contributed by atoms with Gasteiger partial charge >= 0.3 is 12.0 Å². The summed E-state index contributed by atoms with van der Waals surface area (Å²) in [5, 5.41) is 11.2. The number of primary amides is 1. The molecule has 7 heteroatoms. The lowest BCUT2D eigenvalue weighted by atomic mass is 9.98. The van der Waals surface area contributed by atoms with Crippen LogP contribution in [0.25, 0.3) is 0 Å². The third kappa shape index (κ3) is 6.08. The molecule has 0 fully saturated rings. The van der Waals surface area contributed by atoms with E-state index in [0.717, 1.165) is 0 Å². The molecule has 0 spiro atoms. The predicted octanol–water partition coefficient (Wildman–Crippen LogP) is 0.393. The van der Waals surface area contributed by atoms with E-state index in [-0.39, 0.29) is 12.5 Å². The summed E-state index contributed by atoms with van der Waals surface area (Å²) in [6.45, 7) is 5.50. The van der Waals surface area contributed by atoms with Crippen molar-refractivity contribution in [1.82, 2.24) is 10.2 Å². The summed E-state index contributed by atoms with van der Waals surface area (Å²) in [7, 11) is 0. The second-order valence-corrected chi connectivity index (χ2v) is 4.53. The molecule has 0 radical (unpaired) electrons. The zero-order valence-corrected chi connectivity index (χ0v) is 11.7. The predicted molar refractivity (Wildman–Crippen MR) is 70.5 cm³/mol. The first-order valence-corrected chi connectivity index (χ1v) is 6.39. The minimum Gasteiger partial charge on any atom is -0.480 e. The Balaban J connectivity index is 4.98. The van der Waals surface area contributed by atoms with E-state index in [0.29, 0.717) is 19.4 Å². The highest BCUT2D eigenvalue weighted by Gasteiger charge is 2.29. The summed E-state index contributed by atoms with van der Waals surface area (Å²) in [4.78, 5) is 35.3. The van der Waals surface area contributed by atoms with Crippen molar-refractivity contribution >= 4 is 17.9 Å². The number of urea groups is 1. The zero-order chi connectivity index (χ0) is 15.0. The van der Waals surface area contributed by atoms with Crippen molar-refractivity contribution in [1.29, 1.82) is 0 Å². The molecule has 2 atom stereocenters. The van der Waals surface area contributed by atoms with Crippen molar-refractivity contribution in [2.24, 2.45) is 11.7 Å². The van der Waals surface area contributed by atoms with Gasteiger partial charge in [-0.15, -0.1) is 0 Å². The molecule has 0 rings (SSSR count). The second kappa shape index (κ2) is 8.34. The Morgan fingerprint density at radius 1 is 1.32 bits per heavy atom. The van der Waals surface area contributed by atoms with Crippen LogP contribution in [0.1, 0.15) is 33.6 Å². The average molecular weight is 273 g/mol. The van der Waals surface area contributed by atoms with Gasteiger partial charge in [-0.1, -0.05) is 27.2 Å². The molecule has 4 N–H and O–H groups in total. The summed E-state index contributed by atoms with van der Waals surface area (Å²) in [5.74, 6) is -1.60. The number of hydrogen-bond acceptors (Lipinski definition) is 3. The normalized spacial score (nSPS) is 13.4. The van der Waals surface area contributed by atoms with Crippen LogP contribution >= 0.6 is 0 Å². The molecule has 0 aliphatic heterocycles. The highest BCUT2D eigenvalue weighted by molar-refractivity contribution is 5.88. The Hall–Kier alpha value is -1.79. The number of rotatable bonds is 8. The second-order valence-electron chi connectivity index (χ2n) is 4.53. The number of carbonyl (C=O) groups is 3. The number of nitrogens with one attached hydrogen (secondary N) is 1. The number of carboxylic acid groups (broad SMARTS) is 1. The fourth-order valence-electron chi connectivity index (χ4n) is 1.73. The molecular formula is C12H23N3O4. The Morgan fingerprint density at radius 2 is 1.89 bits per heavy atom. The maximum Gasteiger partial charge on any atom is 0.323 e. The summed E-state index contributed by atoms with van der Waals surface area (Å²) in [6, 6.07) is -1.57. The van der Waals surface area contributed by atoms with Gasteiger partial charge < -0.3 is 21.1 Å². The van der Waals surface area contributed by atoms with Gasteiger partial charge in [0.05, 0.1) is 0 Å². The van der Waals surface area contributed by atoms with Crippen LogP contribution < -0.4 is 11.1 Å². The molecule has 3 amide bonds. The number of amides is 3. The first kappa shape index (κ1) is 17.2. The molecule has 0 bridgehead atoms. The highest BCUT2D eigenvalue weighted by Crippen LogP contribution is 2.11. The van der Waals surface area contributed by atoms with E-state index in [4.69, 9.17) is 10.8 Å². The van der Waals surface area contributed by atoms with Crippen LogP contribution in [0.15, 0.2) is 0 Å². The molecule has 0 aromatic heterocycles. The smallest absolute Gasteiger partial charge is 0.323 e. The highest BCUT2D eigenvalue weighted by atomic mass is 16.4. The van der Waals surface area contributed by atoms with Gasteiger partial charge in [-0.2, -0.15) is 0 Å². The Labute approximate surface area is 113 Å².